The first-order valence-corrected chi connectivity index (χ1v) is 8.85. The van der Waals surface area contributed by atoms with Gasteiger partial charge in [-0.3, -0.25) is 4.68 Å². The molecule has 4 aromatic rings. The predicted octanol–water partition coefficient (Wildman–Crippen LogP) is 3.51. The second-order valence-electron chi connectivity index (χ2n) is 5.81. The SMILES string of the molecule is COC(=O)c1sc2ncn3nc(-c4c(Cl)c(C(F)(F)F)nn4C)nc3c2c1C. The van der Waals surface area contributed by atoms with Crippen LogP contribution >= 0.6 is 22.9 Å². The summed E-state index contributed by atoms with van der Waals surface area (Å²) >= 11 is 7.05. The largest absolute Gasteiger partial charge is 0.465 e. The lowest BCUT2D eigenvalue weighted by molar-refractivity contribution is -0.141. The van der Waals surface area contributed by atoms with Crippen molar-refractivity contribution in [2.24, 2.45) is 7.05 Å². The van der Waals surface area contributed by atoms with Crippen LogP contribution in [0.4, 0.5) is 13.2 Å². The summed E-state index contributed by atoms with van der Waals surface area (Å²) in [5.41, 5.74) is -0.369. The lowest BCUT2D eigenvalue weighted by Gasteiger charge is -2.00. The number of alkyl halides is 3. The van der Waals surface area contributed by atoms with Gasteiger partial charge in [0.2, 0.25) is 5.82 Å². The third-order valence-corrected chi connectivity index (χ3v) is 5.65. The topological polar surface area (TPSA) is 87.2 Å². The van der Waals surface area contributed by atoms with Gasteiger partial charge in [0.05, 0.1) is 12.5 Å². The third-order valence-electron chi connectivity index (χ3n) is 4.11. The first-order chi connectivity index (χ1) is 13.1. The Morgan fingerprint density at radius 2 is 2.04 bits per heavy atom. The molecule has 13 heteroatoms. The van der Waals surface area contributed by atoms with E-state index in [9.17, 15) is 18.0 Å². The van der Waals surface area contributed by atoms with Gasteiger partial charge >= 0.3 is 12.1 Å². The predicted molar refractivity (Wildman–Crippen MR) is 94.5 cm³/mol. The van der Waals surface area contributed by atoms with Crippen LogP contribution in [-0.4, -0.2) is 42.4 Å². The zero-order valence-corrected chi connectivity index (χ0v) is 16.1. The summed E-state index contributed by atoms with van der Waals surface area (Å²) in [5, 5.41) is 7.59. The second-order valence-corrected chi connectivity index (χ2v) is 7.19. The number of hydrogen-bond acceptors (Lipinski definition) is 7. The molecule has 0 aromatic carbocycles. The van der Waals surface area contributed by atoms with Crippen molar-refractivity contribution in [3.8, 4) is 11.5 Å². The Kier molecular flexibility index (Phi) is 4.08. The van der Waals surface area contributed by atoms with Crippen molar-refractivity contribution in [1.82, 2.24) is 29.4 Å². The summed E-state index contributed by atoms with van der Waals surface area (Å²) in [7, 11) is 2.59. The molecule has 0 fully saturated rings. The number of ether oxygens (including phenoxy) is 1. The van der Waals surface area contributed by atoms with Crippen LogP contribution in [0.25, 0.3) is 27.4 Å². The van der Waals surface area contributed by atoms with Crippen LogP contribution in [0.2, 0.25) is 5.02 Å². The highest BCUT2D eigenvalue weighted by Gasteiger charge is 2.39. The molecule has 0 amide bonds. The van der Waals surface area contributed by atoms with Crippen molar-refractivity contribution in [3.05, 3.63) is 27.5 Å². The number of aromatic nitrogens is 6. The van der Waals surface area contributed by atoms with Crippen molar-refractivity contribution in [2.45, 2.75) is 13.1 Å². The quantitative estimate of drug-likeness (QED) is 0.452. The molecule has 0 spiro atoms. The number of halogens is 4. The first-order valence-electron chi connectivity index (χ1n) is 7.66. The van der Waals surface area contributed by atoms with E-state index >= 15 is 0 Å². The Labute approximate surface area is 163 Å². The number of carbonyl (C=O) groups excluding carboxylic acids is 1. The molecule has 4 rings (SSSR count). The number of aryl methyl sites for hydroxylation is 2. The molecule has 0 radical (unpaired) electrons. The van der Waals surface area contributed by atoms with Crippen LogP contribution in [0.5, 0.6) is 0 Å². The first kappa shape index (κ1) is 18.6. The summed E-state index contributed by atoms with van der Waals surface area (Å²) in [6, 6.07) is 0. The number of fused-ring (bicyclic) bond motifs is 3. The molecular formula is C15H10ClF3N6O2S. The van der Waals surface area contributed by atoms with Gasteiger partial charge in [0.15, 0.2) is 11.3 Å². The van der Waals surface area contributed by atoms with E-state index in [1.165, 1.54) is 25.0 Å². The van der Waals surface area contributed by atoms with Crippen molar-refractivity contribution < 1.29 is 22.7 Å². The minimum atomic E-state index is -4.71. The Balaban J connectivity index is 1.97. The fourth-order valence-corrected chi connectivity index (χ4v) is 4.26. The summed E-state index contributed by atoms with van der Waals surface area (Å²) < 4.78 is 46.3. The van der Waals surface area contributed by atoms with Gasteiger partial charge in [0.25, 0.3) is 0 Å². The van der Waals surface area contributed by atoms with Gasteiger partial charge in [0, 0.05) is 7.05 Å². The Morgan fingerprint density at radius 3 is 2.64 bits per heavy atom. The van der Waals surface area contributed by atoms with Crippen LogP contribution in [0.1, 0.15) is 20.9 Å². The number of nitrogens with zero attached hydrogens (tertiary/aromatic N) is 6. The van der Waals surface area contributed by atoms with Gasteiger partial charge in [-0.15, -0.1) is 16.4 Å². The fraction of sp³-hybridized carbons (Fsp3) is 0.267. The molecule has 0 saturated heterocycles. The van der Waals surface area contributed by atoms with Crippen LogP contribution < -0.4 is 0 Å². The Hall–Kier alpha value is -2.73. The second kappa shape index (κ2) is 6.14. The highest BCUT2D eigenvalue weighted by molar-refractivity contribution is 7.20. The number of rotatable bonds is 2. The summed E-state index contributed by atoms with van der Waals surface area (Å²) in [4.78, 5) is 21.4. The fourth-order valence-electron chi connectivity index (χ4n) is 2.84. The molecule has 0 aliphatic carbocycles. The van der Waals surface area contributed by atoms with E-state index in [0.717, 1.165) is 16.0 Å². The number of carbonyl (C=O) groups is 1. The van der Waals surface area contributed by atoms with Crippen molar-refractivity contribution in [3.63, 3.8) is 0 Å². The van der Waals surface area contributed by atoms with E-state index in [2.05, 4.69) is 20.2 Å². The number of thiophene rings is 1. The summed E-state index contributed by atoms with van der Waals surface area (Å²) in [5.74, 6) is -0.557. The maximum atomic E-state index is 13.1. The van der Waals surface area contributed by atoms with Crippen LogP contribution in [0.3, 0.4) is 0 Å². The van der Waals surface area contributed by atoms with Gasteiger partial charge in [-0.25, -0.2) is 19.3 Å². The molecule has 4 heterocycles. The lowest BCUT2D eigenvalue weighted by Crippen LogP contribution is -2.07. The molecule has 8 nitrogen and oxygen atoms in total. The van der Waals surface area contributed by atoms with E-state index < -0.39 is 22.9 Å². The van der Waals surface area contributed by atoms with Gasteiger partial charge in [0.1, 0.15) is 26.8 Å². The molecule has 146 valence electrons. The van der Waals surface area contributed by atoms with Gasteiger partial charge < -0.3 is 4.74 Å². The summed E-state index contributed by atoms with van der Waals surface area (Å²) in [6.07, 6.45) is -3.35. The van der Waals surface area contributed by atoms with Gasteiger partial charge in [-0.1, -0.05) is 11.6 Å². The van der Waals surface area contributed by atoms with Crippen molar-refractivity contribution >= 4 is 44.8 Å². The lowest BCUT2D eigenvalue weighted by atomic mass is 10.2. The standard InChI is InChI=1S/C15H10ClF3N6O2S/c1-5-6-12-21-11(8-7(16)10(15(17,18)19)22-24(8)2)23-25(12)4-20-13(6)28-9(5)14(26)27-3/h4H,1-3H3. The minimum absolute atomic E-state index is 0.0463. The molecule has 0 unspecified atom stereocenters. The molecule has 0 saturated carbocycles. The third kappa shape index (κ3) is 2.63. The Bertz CT molecular complexity index is 1260. The molecule has 0 atom stereocenters. The van der Waals surface area contributed by atoms with Crippen LogP contribution in [0.15, 0.2) is 6.33 Å². The minimum Gasteiger partial charge on any atom is -0.465 e. The molecule has 0 aliphatic rings. The number of esters is 1. The molecule has 0 aliphatic heterocycles. The van der Waals surface area contributed by atoms with Crippen LogP contribution in [0, 0.1) is 6.92 Å². The average Bonchev–Trinajstić information content (AvgIpc) is 3.27. The Morgan fingerprint density at radius 1 is 1.32 bits per heavy atom. The molecule has 4 aromatic heterocycles. The normalized spacial score (nSPS) is 12.2. The van der Waals surface area contributed by atoms with Gasteiger partial charge in [-0.2, -0.15) is 18.3 Å². The zero-order chi connectivity index (χ0) is 20.4. The van der Waals surface area contributed by atoms with E-state index in [4.69, 9.17) is 16.3 Å². The molecular weight excluding hydrogens is 421 g/mol. The smallest absolute Gasteiger partial charge is 0.436 e. The van der Waals surface area contributed by atoms with Crippen molar-refractivity contribution in [1.29, 1.82) is 0 Å². The monoisotopic (exact) mass is 430 g/mol. The molecule has 0 N–H and O–H groups in total. The number of methoxy groups -OCH3 is 1. The molecule has 0 bridgehead atoms. The van der Waals surface area contributed by atoms with E-state index in [0.29, 0.717) is 26.3 Å². The molecule has 28 heavy (non-hydrogen) atoms. The summed E-state index contributed by atoms with van der Waals surface area (Å²) in [6.45, 7) is 1.71. The van der Waals surface area contributed by atoms with E-state index in [-0.39, 0.29) is 11.5 Å². The number of hydrogen-bond donors (Lipinski definition) is 0. The highest BCUT2D eigenvalue weighted by atomic mass is 35.5. The van der Waals surface area contributed by atoms with E-state index in [1.54, 1.807) is 6.92 Å². The van der Waals surface area contributed by atoms with Crippen molar-refractivity contribution in [2.75, 3.05) is 7.11 Å². The zero-order valence-electron chi connectivity index (χ0n) is 14.5. The maximum Gasteiger partial charge on any atom is 0.436 e. The van der Waals surface area contributed by atoms with E-state index in [1.807, 2.05) is 0 Å². The maximum absolute atomic E-state index is 13.1. The average molecular weight is 431 g/mol. The highest BCUT2D eigenvalue weighted by Crippen LogP contribution is 2.39. The van der Waals surface area contributed by atoms with Gasteiger partial charge in [-0.05, 0) is 12.5 Å². The van der Waals surface area contributed by atoms with Crippen LogP contribution in [-0.2, 0) is 18.0 Å².